The van der Waals surface area contributed by atoms with E-state index in [0.29, 0.717) is 19.4 Å². The lowest BCUT2D eigenvalue weighted by Gasteiger charge is -2.25. The van der Waals surface area contributed by atoms with E-state index in [9.17, 15) is 22.8 Å². The summed E-state index contributed by atoms with van der Waals surface area (Å²) in [7, 11) is -3.67. The highest BCUT2D eigenvalue weighted by Gasteiger charge is 2.33. The van der Waals surface area contributed by atoms with Gasteiger partial charge in [-0.2, -0.15) is 8.42 Å². The average Bonchev–Trinajstić information content (AvgIpc) is 2.61. The van der Waals surface area contributed by atoms with Crippen molar-refractivity contribution in [3.63, 3.8) is 0 Å². The number of esters is 1. The molecule has 2 amide bonds. The molecule has 0 aliphatic rings. The zero-order valence-corrected chi connectivity index (χ0v) is 19.6. The molecule has 0 heterocycles. The Morgan fingerprint density at radius 3 is 2.13 bits per heavy atom. The van der Waals surface area contributed by atoms with Gasteiger partial charge in [0.2, 0.25) is 11.5 Å². The SMILES string of the molecule is CCOC(=O)C(C)(C)OC(=O)NCCCC(C)(C)COS(=O)(=O)CCCNC(C)=O. The first-order chi connectivity index (χ1) is 13.7. The van der Waals surface area contributed by atoms with Gasteiger partial charge in [0.05, 0.1) is 19.0 Å². The molecule has 0 aliphatic carbocycles. The molecular weight excluding hydrogens is 416 g/mol. The summed E-state index contributed by atoms with van der Waals surface area (Å²) in [5.74, 6) is -1.01. The molecule has 11 heteroatoms. The second-order valence-electron chi connectivity index (χ2n) is 8.18. The molecule has 0 saturated carbocycles. The third-order valence-corrected chi connectivity index (χ3v) is 5.25. The second-order valence-corrected chi connectivity index (χ2v) is 9.93. The monoisotopic (exact) mass is 452 g/mol. The standard InChI is InChI=1S/C19H36N2O8S/c1-7-27-16(23)19(5,6)29-17(24)21-11-8-10-18(3,4)14-28-30(25,26)13-9-12-20-15(2)22/h7-14H2,1-6H3,(H,20,22)(H,21,24). The Labute approximate surface area is 179 Å². The first kappa shape index (κ1) is 28.1. The lowest BCUT2D eigenvalue weighted by atomic mass is 9.89. The van der Waals surface area contributed by atoms with Gasteiger partial charge in [-0.3, -0.25) is 8.98 Å². The molecule has 0 aromatic rings. The van der Waals surface area contributed by atoms with Crippen LogP contribution in [0.3, 0.4) is 0 Å². The number of alkyl carbamates (subject to hydrolysis) is 1. The third-order valence-electron chi connectivity index (χ3n) is 3.99. The Kier molecular flexibility index (Phi) is 11.9. The topological polar surface area (TPSA) is 137 Å². The number of rotatable bonds is 14. The number of carbonyl (C=O) groups is 3. The van der Waals surface area contributed by atoms with Crippen molar-refractivity contribution in [2.45, 2.75) is 66.4 Å². The highest BCUT2D eigenvalue weighted by atomic mass is 32.2. The molecule has 0 fully saturated rings. The molecular formula is C19H36N2O8S. The van der Waals surface area contributed by atoms with Crippen molar-refractivity contribution >= 4 is 28.1 Å². The van der Waals surface area contributed by atoms with Crippen molar-refractivity contribution in [2.24, 2.45) is 5.41 Å². The molecule has 0 radical (unpaired) electrons. The summed E-state index contributed by atoms with van der Waals surface area (Å²) >= 11 is 0. The molecule has 0 aromatic heterocycles. The Morgan fingerprint density at radius 2 is 1.57 bits per heavy atom. The Bertz CT molecular complexity index is 674. The maximum Gasteiger partial charge on any atom is 0.408 e. The van der Waals surface area contributed by atoms with Crippen LogP contribution in [0.4, 0.5) is 4.79 Å². The summed E-state index contributed by atoms with van der Waals surface area (Å²) < 4.78 is 38.9. The smallest absolute Gasteiger partial charge is 0.408 e. The minimum Gasteiger partial charge on any atom is -0.463 e. The van der Waals surface area contributed by atoms with Gasteiger partial charge in [0.15, 0.2) is 0 Å². The number of nitrogens with one attached hydrogen (secondary N) is 2. The van der Waals surface area contributed by atoms with E-state index in [0.717, 1.165) is 0 Å². The van der Waals surface area contributed by atoms with E-state index in [2.05, 4.69) is 10.6 Å². The van der Waals surface area contributed by atoms with Crippen LogP contribution < -0.4 is 10.6 Å². The van der Waals surface area contributed by atoms with Crippen LogP contribution in [0, 0.1) is 5.41 Å². The highest BCUT2D eigenvalue weighted by Crippen LogP contribution is 2.23. The minimum atomic E-state index is -3.67. The fraction of sp³-hybridized carbons (Fsp3) is 0.842. The summed E-state index contributed by atoms with van der Waals surface area (Å²) in [6.07, 6.45) is 0.698. The molecule has 0 saturated heterocycles. The van der Waals surface area contributed by atoms with Crippen molar-refractivity contribution in [3.05, 3.63) is 0 Å². The lowest BCUT2D eigenvalue weighted by molar-refractivity contribution is -0.161. The normalized spacial score (nSPS) is 12.2. The molecule has 0 rings (SSSR count). The summed E-state index contributed by atoms with van der Waals surface area (Å²) in [5.41, 5.74) is -1.82. The number of amides is 2. The van der Waals surface area contributed by atoms with Gasteiger partial charge in [-0.25, -0.2) is 9.59 Å². The first-order valence-electron chi connectivity index (χ1n) is 9.96. The first-order valence-corrected chi connectivity index (χ1v) is 11.5. The zero-order chi connectivity index (χ0) is 23.4. The lowest BCUT2D eigenvalue weighted by Crippen LogP contribution is -2.42. The summed E-state index contributed by atoms with van der Waals surface area (Å²) in [5, 5.41) is 5.09. The van der Waals surface area contributed by atoms with Crippen LogP contribution in [0.5, 0.6) is 0 Å². The molecule has 0 bridgehead atoms. The fourth-order valence-electron chi connectivity index (χ4n) is 2.27. The maximum atomic E-state index is 11.9. The molecule has 0 atom stereocenters. The van der Waals surface area contributed by atoms with E-state index in [1.54, 1.807) is 6.92 Å². The molecule has 0 spiro atoms. The second kappa shape index (κ2) is 12.7. The van der Waals surface area contributed by atoms with Gasteiger partial charge in [-0.05, 0) is 45.4 Å². The Morgan fingerprint density at radius 1 is 0.967 bits per heavy atom. The summed E-state index contributed by atoms with van der Waals surface area (Å²) in [4.78, 5) is 34.3. The molecule has 0 unspecified atom stereocenters. The van der Waals surface area contributed by atoms with Gasteiger partial charge in [-0.15, -0.1) is 0 Å². The Balaban J connectivity index is 4.21. The quantitative estimate of drug-likeness (QED) is 0.231. The largest absolute Gasteiger partial charge is 0.463 e. The van der Waals surface area contributed by atoms with Crippen molar-refractivity contribution in [3.8, 4) is 0 Å². The predicted molar refractivity (Wildman–Crippen MR) is 111 cm³/mol. The molecule has 10 nitrogen and oxygen atoms in total. The maximum absolute atomic E-state index is 11.9. The predicted octanol–water partition coefficient (Wildman–Crippen LogP) is 1.73. The van der Waals surface area contributed by atoms with Gasteiger partial charge < -0.3 is 20.1 Å². The number of hydrogen-bond acceptors (Lipinski definition) is 8. The number of carbonyl (C=O) groups excluding carboxylic acids is 3. The third kappa shape index (κ3) is 13.4. The molecule has 0 aromatic carbocycles. The van der Waals surface area contributed by atoms with Crippen LogP contribution in [-0.4, -0.2) is 64.0 Å². The van der Waals surface area contributed by atoms with E-state index in [1.807, 2.05) is 13.8 Å². The van der Waals surface area contributed by atoms with E-state index in [1.165, 1.54) is 20.8 Å². The van der Waals surface area contributed by atoms with Gasteiger partial charge in [-0.1, -0.05) is 13.8 Å². The van der Waals surface area contributed by atoms with Crippen LogP contribution in [0.15, 0.2) is 0 Å². The fourth-order valence-corrected chi connectivity index (χ4v) is 3.38. The van der Waals surface area contributed by atoms with Crippen molar-refractivity contribution in [2.75, 3.05) is 32.1 Å². The molecule has 30 heavy (non-hydrogen) atoms. The van der Waals surface area contributed by atoms with Gasteiger partial charge in [0, 0.05) is 20.0 Å². The minimum absolute atomic E-state index is 0.00973. The van der Waals surface area contributed by atoms with Crippen LogP contribution >= 0.6 is 0 Å². The van der Waals surface area contributed by atoms with Crippen molar-refractivity contribution in [1.29, 1.82) is 0 Å². The van der Waals surface area contributed by atoms with E-state index >= 15 is 0 Å². The summed E-state index contributed by atoms with van der Waals surface area (Å²) in [6.45, 7) is 10.4. The number of ether oxygens (including phenoxy) is 2. The van der Waals surface area contributed by atoms with E-state index < -0.39 is 33.2 Å². The van der Waals surface area contributed by atoms with Crippen molar-refractivity contribution in [1.82, 2.24) is 10.6 Å². The van der Waals surface area contributed by atoms with Crippen molar-refractivity contribution < 1.29 is 36.5 Å². The number of hydrogen-bond donors (Lipinski definition) is 2. The van der Waals surface area contributed by atoms with Gasteiger partial charge in [0.1, 0.15) is 0 Å². The van der Waals surface area contributed by atoms with E-state index in [-0.39, 0.29) is 37.8 Å². The van der Waals surface area contributed by atoms with Gasteiger partial charge in [0.25, 0.3) is 10.1 Å². The molecule has 0 aliphatic heterocycles. The summed E-state index contributed by atoms with van der Waals surface area (Å²) in [6, 6.07) is 0. The molecule has 176 valence electrons. The van der Waals surface area contributed by atoms with Crippen LogP contribution in [0.2, 0.25) is 0 Å². The zero-order valence-electron chi connectivity index (χ0n) is 18.8. The highest BCUT2D eigenvalue weighted by molar-refractivity contribution is 7.86. The van der Waals surface area contributed by atoms with Crippen LogP contribution in [0.25, 0.3) is 0 Å². The average molecular weight is 453 g/mol. The molecule has 2 N–H and O–H groups in total. The van der Waals surface area contributed by atoms with E-state index in [4.69, 9.17) is 13.7 Å². The van der Waals surface area contributed by atoms with Gasteiger partial charge >= 0.3 is 12.1 Å². The van der Waals surface area contributed by atoms with Crippen LogP contribution in [0.1, 0.15) is 60.8 Å². The van der Waals surface area contributed by atoms with Crippen LogP contribution in [-0.2, 0) is 33.4 Å². The Hall–Kier alpha value is -1.88.